The second kappa shape index (κ2) is 10.3. The minimum atomic E-state index is -0.621. The van der Waals surface area contributed by atoms with E-state index in [4.69, 9.17) is 22.1 Å². The smallest absolute Gasteiger partial charge is 0.239 e. The number of amides is 2. The molecule has 1 atom stereocenters. The molecular weight excluding hydrogens is 341 g/mol. The fourth-order valence-corrected chi connectivity index (χ4v) is 1.87. The van der Waals surface area contributed by atoms with E-state index in [1.807, 2.05) is 13.8 Å². The first kappa shape index (κ1) is 21.5. The Bertz CT molecular complexity index is 539. The molecule has 1 aromatic rings. The van der Waals surface area contributed by atoms with Crippen molar-refractivity contribution in [3.63, 3.8) is 0 Å². The Balaban J connectivity index is 0.00000484. The number of rotatable bonds is 7. The quantitative estimate of drug-likeness (QED) is 0.683. The van der Waals surface area contributed by atoms with Gasteiger partial charge in [-0.25, -0.2) is 0 Å². The Morgan fingerprint density at radius 1 is 1.30 bits per heavy atom. The van der Waals surface area contributed by atoms with Gasteiger partial charge < -0.3 is 21.1 Å². The van der Waals surface area contributed by atoms with Gasteiger partial charge in [0.25, 0.3) is 0 Å². The van der Waals surface area contributed by atoms with Crippen molar-refractivity contribution in [2.45, 2.75) is 26.4 Å². The first-order valence-electron chi connectivity index (χ1n) is 6.97. The van der Waals surface area contributed by atoms with Gasteiger partial charge in [0.1, 0.15) is 5.75 Å². The molecule has 0 unspecified atom stereocenters. The molecule has 8 heteroatoms. The van der Waals surface area contributed by atoms with Gasteiger partial charge >= 0.3 is 0 Å². The van der Waals surface area contributed by atoms with Gasteiger partial charge in [-0.15, -0.1) is 12.4 Å². The summed E-state index contributed by atoms with van der Waals surface area (Å²) in [5, 5.41) is 5.77. The molecule has 0 spiro atoms. The van der Waals surface area contributed by atoms with Crippen molar-refractivity contribution in [1.82, 2.24) is 10.6 Å². The highest BCUT2D eigenvalue weighted by Gasteiger charge is 2.17. The van der Waals surface area contributed by atoms with E-state index in [1.54, 1.807) is 18.2 Å². The summed E-state index contributed by atoms with van der Waals surface area (Å²) in [6.07, 6.45) is 0. The first-order chi connectivity index (χ1) is 10.3. The highest BCUT2D eigenvalue weighted by Crippen LogP contribution is 2.22. The van der Waals surface area contributed by atoms with Crippen LogP contribution in [0, 0.1) is 5.92 Å². The number of methoxy groups -OCH3 is 1. The molecule has 1 aromatic carbocycles. The van der Waals surface area contributed by atoms with Crippen LogP contribution >= 0.6 is 24.0 Å². The Morgan fingerprint density at radius 3 is 2.52 bits per heavy atom. The van der Waals surface area contributed by atoms with Gasteiger partial charge in [-0.3, -0.25) is 9.59 Å². The third kappa shape index (κ3) is 7.07. The number of hydrogen-bond acceptors (Lipinski definition) is 4. The van der Waals surface area contributed by atoms with Crippen LogP contribution in [-0.2, 0) is 16.1 Å². The molecular formula is C15H23Cl2N3O3. The normalized spacial score (nSPS) is 11.4. The zero-order chi connectivity index (χ0) is 16.7. The average Bonchev–Trinajstić information content (AvgIpc) is 2.50. The Morgan fingerprint density at radius 2 is 1.96 bits per heavy atom. The number of hydrogen-bond donors (Lipinski definition) is 3. The average molecular weight is 364 g/mol. The summed E-state index contributed by atoms with van der Waals surface area (Å²) in [6.45, 7) is 3.86. The summed E-state index contributed by atoms with van der Waals surface area (Å²) in [4.78, 5) is 23.4. The van der Waals surface area contributed by atoms with Gasteiger partial charge in [-0.1, -0.05) is 31.5 Å². The van der Waals surface area contributed by atoms with Gasteiger partial charge in [0, 0.05) is 17.1 Å². The number of halogens is 2. The summed E-state index contributed by atoms with van der Waals surface area (Å²) in [7, 11) is 1.53. The minimum absolute atomic E-state index is 0. The lowest BCUT2D eigenvalue weighted by molar-refractivity contribution is -0.127. The highest BCUT2D eigenvalue weighted by molar-refractivity contribution is 6.30. The van der Waals surface area contributed by atoms with Crippen LogP contribution < -0.4 is 21.1 Å². The van der Waals surface area contributed by atoms with E-state index in [0.717, 1.165) is 5.56 Å². The molecule has 0 aliphatic carbocycles. The minimum Gasteiger partial charge on any atom is -0.496 e. The van der Waals surface area contributed by atoms with E-state index in [9.17, 15) is 9.59 Å². The molecule has 6 nitrogen and oxygen atoms in total. The summed E-state index contributed by atoms with van der Waals surface area (Å²) in [5.41, 5.74) is 6.49. The van der Waals surface area contributed by atoms with Crippen LogP contribution in [0.3, 0.4) is 0 Å². The summed E-state index contributed by atoms with van der Waals surface area (Å²) < 4.78 is 5.19. The molecule has 4 N–H and O–H groups in total. The molecule has 130 valence electrons. The molecule has 2 amide bonds. The van der Waals surface area contributed by atoms with Crippen LogP contribution in [-0.4, -0.2) is 31.5 Å². The number of nitrogens with one attached hydrogen (secondary N) is 2. The maximum atomic E-state index is 11.7. The van der Waals surface area contributed by atoms with Gasteiger partial charge in [0.05, 0.1) is 19.7 Å². The van der Waals surface area contributed by atoms with Crippen LogP contribution in [0.1, 0.15) is 19.4 Å². The van der Waals surface area contributed by atoms with Crippen LogP contribution in [0.25, 0.3) is 0 Å². The Hall–Kier alpha value is -1.50. The van der Waals surface area contributed by atoms with Crippen LogP contribution in [0.4, 0.5) is 0 Å². The lowest BCUT2D eigenvalue weighted by atomic mass is 10.1. The second-order valence-electron chi connectivity index (χ2n) is 5.22. The SMILES string of the molecule is COc1cc(Cl)ccc1CNC(=O)CNC(=O)[C@@H](N)C(C)C.Cl. The predicted molar refractivity (Wildman–Crippen MR) is 92.9 cm³/mol. The number of ether oxygens (including phenoxy) is 1. The molecule has 0 saturated heterocycles. The number of carbonyl (C=O) groups is 2. The number of nitrogens with two attached hydrogens (primary N) is 1. The van der Waals surface area contributed by atoms with Crippen molar-refractivity contribution < 1.29 is 14.3 Å². The van der Waals surface area contributed by atoms with Gasteiger partial charge in [-0.05, 0) is 18.1 Å². The van der Waals surface area contributed by atoms with E-state index in [2.05, 4.69) is 10.6 Å². The van der Waals surface area contributed by atoms with E-state index in [1.165, 1.54) is 7.11 Å². The topological polar surface area (TPSA) is 93.5 Å². The highest BCUT2D eigenvalue weighted by atomic mass is 35.5. The van der Waals surface area contributed by atoms with Crippen molar-refractivity contribution >= 4 is 35.8 Å². The zero-order valence-corrected chi connectivity index (χ0v) is 15.0. The summed E-state index contributed by atoms with van der Waals surface area (Å²) in [5.74, 6) is -0.0319. The molecule has 0 heterocycles. The Labute approximate surface area is 147 Å². The molecule has 0 aliphatic rings. The Kier molecular flexibility index (Phi) is 9.64. The molecule has 23 heavy (non-hydrogen) atoms. The van der Waals surface area contributed by atoms with Crippen molar-refractivity contribution in [1.29, 1.82) is 0 Å². The monoisotopic (exact) mass is 363 g/mol. The maximum absolute atomic E-state index is 11.7. The molecule has 0 aromatic heterocycles. The summed E-state index contributed by atoms with van der Waals surface area (Å²) in [6, 6.07) is 4.54. The number of benzene rings is 1. The largest absolute Gasteiger partial charge is 0.496 e. The van der Waals surface area contributed by atoms with Crippen LogP contribution in [0.5, 0.6) is 5.75 Å². The van der Waals surface area contributed by atoms with E-state index in [0.29, 0.717) is 10.8 Å². The molecule has 0 bridgehead atoms. The van der Waals surface area contributed by atoms with Gasteiger partial charge in [0.2, 0.25) is 11.8 Å². The van der Waals surface area contributed by atoms with E-state index < -0.39 is 6.04 Å². The van der Waals surface area contributed by atoms with Crippen molar-refractivity contribution in [3.05, 3.63) is 28.8 Å². The second-order valence-corrected chi connectivity index (χ2v) is 5.66. The maximum Gasteiger partial charge on any atom is 0.239 e. The van der Waals surface area contributed by atoms with Crippen LogP contribution in [0.2, 0.25) is 5.02 Å². The van der Waals surface area contributed by atoms with Gasteiger partial charge in [-0.2, -0.15) is 0 Å². The van der Waals surface area contributed by atoms with E-state index in [-0.39, 0.29) is 43.2 Å². The molecule has 1 rings (SSSR count). The fourth-order valence-electron chi connectivity index (χ4n) is 1.71. The predicted octanol–water partition coefficient (Wildman–Crippen LogP) is 1.49. The fraction of sp³-hybridized carbons (Fsp3) is 0.467. The lowest BCUT2D eigenvalue weighted by Gasteiger charge is -2.15. The van der Waals surface area contributed by atoms with Crippen molar-refractivity contribution in [2.75, 3.05) is 13.7 Å². The third-order valence-corrected chi connectivity index (χ3v) is 3.40. The standard InChI is InChI=1S/C15H22ClN3O3.ClH/c1-9(2)14(17)15(21)19-8-13(20)18-7-10-4-5-11(16)6-12(10)22-3;/h4-6,9,14H,7-8,17H2,1-3H3,(H,18,20)(H,19,21);1H/t14-;/m0./s1. The molecule has 0 radical (unpaired) electrons. The first-order valence-corrected chi connectivity index (χ1v) is 7.35. The molecule has 0 saturated carbocycles. The summed E-state index contributed by atoms with van der Waals surface area (Å²) >= 11 is 5.87. The molecule has 0 fully saturated rings. The van der Waals surface area contributed by atoms with Crippen molar-refractivity contribution in [3.8, 4) is 5.75 Å². The van der Waals surface area contributed by atoms with E-state index >= 15 is 0 Å². The van der Waals surface area contributed by atoms with Crippen molar-refractivity contribution in [2.24, 2.45) is 11.7 Å². The molecule has 0 aliphatic heterocycles. The zero-order valence-electron chi connectivity index (χ0n) is 13.4. The third-order valence-electron chi connectivity index (χ3n) is 3.17. The number of carbonyl (C=O) groups excluding carboxylic acids is 2. The van der Waals surface area contributed by atoms with Gasteiger partial charge in [0.15, 0.2) is 0 Å². The lowest BCUT2D eigenvalue weighted by Crippen LogP contribution is -2.47. The van der Waals surface area contributed by atoms with Crippen LogP contribution in [0.15, 0.2) is 18.2 Å².